The van der Waals surface area contributed by atoms with Crippen molar-refractivity contribution in [3.8, 4) is 11.5 Å². The highest BCUT2D eigenvalue weighted by molar-refractivity contribution is 6.32. The first-order valence-electron chi connectivity index (χ1n) is 8.38. The molecule has 0 aliphatic heterocycles. The number of methoxy groups -OCH3 is 1. The van der Waals surface area contributed by atoms with Gasteiger partial charge >= 0.3 is 0 Å². The molecule has 1 fully saturated rings. The van der Waals surface area contributed by atoms with E-state index in [0.29, 0.717) is 29.2 Å². The van der Waals surface area contributed by atoms with Crippen molar-refractivity contribution >= 4 is 36.4 Å². The Hall–Kier alpha value is -1.20. The lowest BCUT2D eigenvalue weighted by Crippen LogP contribution is -2.25. The van der Waals surface area contributed by atoms with Gasteiger partial charge in [-0.1, -0.05) is 30.5 Å². The van der Waals surface area contributed by atoms with Crippen LogP contribution in [-0.4, -0.2) is 18.1 Å². The quantitative estimate of drug-likeness (QED) is 0.670. The second-order valence-electron chi connectivity index (χ2n) is 6.12. The lowest BCUT2D eigenvalue weighted by Gasteiger charge is -2.16. The molecule has 0 spiro atoms. The Balaban J connectivity index is 0.00000169. The highest BCUT2D eigenvalue weighted by Crippen LogP contribution is 2.37. The van der Waals surface area contributed by atoms with Crippen molar-refractivity contribution in [3.05, 3.63) is 52.8 Å². The van der Waals surface area contributed by atoms with Crippen LogP contribution in [0, 0.1) is 0 Å². The van der Waals surface area contributed by atoms with Crippen molar-refractivity contribution in [2.45, 2.75) is 44.9 Å². The molecule has 3 rings (SSSR count). The monoisotopic (exact) mass is 418 g/mol. The van der Waals surface area contributed by atoms with Gasteiger partial charge in [0.05, 0.1) is 12.1 Å². The van der Waals surface area contributed by atoms with E-state index in [1.165, 1.54) is 25.7 Å². The molecular formula is C19H25Cl3N2O2. The zero-order chi connectivity index (χ0) is 16.8. The zero-order valence-electron chi connectivity index (χ0n) is 14.7. The van der Waals surface area contributed by atoms with Crippen molar-refractivity contribution in [2.24, 2.45) is 0 Å². The van der Waals surface area contributed by atoms with E-state index in [-0.39, 0.29) is 24.8 Å². The molecule has 0 bridgehead atoms. The van der Waals surface area contributed by atoms with Gasteiger partial charge in [0.15, 0.2) is 11.5 Å². The van der Waals surface area contributed by atoms with Crippen LogP contribution in [0.1, 0.15) is 36.8 Å². The van der Waals surface area contributed by atoms with Crippen LogP contribution in [0.2, 0.25) is 5.02 Å². The number of pyridine rings is 1. The number of hydrogen-bond acceptors (Lipinski definition) is 4. The number of benzene rings is 1. The molecule has 0 radical (unpaired) electrons. The van der Waals surface area contributed by atoms with E-state index < -0.39 is 0 Å². The van der Waals surface area contributed by atoms with Gasteiger partial charge in [0, 0.05) is 30.5 Å². The molecule has 1 N–H and O–H groups in total. The van der Waals surface area contributed by atoms with E-state index in [1.54, 1.807) is 19.5 Å². The van der Waals surface area contributed by atoms with Crippen LogP contribution >= 0.6 is 36.4 Å². The summed E-state index contributed by atoms with van der Waals surface area (Å²) in [5.41, 5.74) is 2.10. The van der Waals surface area contributed by atoms with E-state index in [4.69, 9.17) is 21.1 Å². The first-order valence-corrected chi connectivity index (χ1v) is 8.75. The van der Waals surface area contributed by atoms with Gasteiger partial charge < -0.3 is 14.8 Å². The summed E-state index contributed by atoms with van der Waals surface area (Å²) in [7, 11) is 1.64. The lowest BCUT2D eigenvalue weighted by atomic mass is 10.1. The normalized spacial score (nSPS) is 13.6. The Morgan fingerprint density at radius 2 is 1.96 bits per heavy atom. The second-order valence-corrected chi connectivity index (χ2v) is 6.53. The first kappa shape index (κ1) is 22.8. The van der Waals surface area contributed by atoms with Crippen LogP contribution in [-0.2, 0) is 13.2 Å². The first-order chi connectivity index (χ1) is 11.8. The Labute approximate surface area is 172 Å². The summed E-state index contributed by atoms with van der Waals surface area (Å²) in [5, 5.41) is 4.16. The van der Waals surface area contributed by atoms with Crippen molar-refractivity contribution in [2.75, 3.05) is 7.11 Å². The maximum absolute atomic E-state index is 6.43. The minimum absolute atomic E-state index is 0. The van der Waals surface area contributed by atoms with Crippen molar-refractivity contribution in [3.63, 3.8) is 0 Å². The molecule has 4 nitrogen and oxygen atoms in total. The van der Waals surface area contributed by atoms with Crippen LogP contribution < -0.4 is 14.8 Å². The highest BCUT2D eigenvalue weighted by atomic mass is 35.5. The topological polar surface area (TPSA) is 43.4 Å². The van der Waals surface area contributed by atoms with Gasteiger partial charge in [0.2, 0.25) is 0 Å². The molecular weight excluding hydrogens is 395 g/mol. The standard InChI is InChI=1S/C19H23ClN2O2.2ClH/c1-23-18-10-15(12-22-16-6-2-3-7-16)9-17(20)19(18)24-13-14-5-4-8-21-11-14;;/h4-5,8-11,16,22H,2-3,6-7,12-13H2,1H3;2*1H. The van der Waals surface area contributed by atoms with Gasteiger partial charge in [-0.15, -0.1) is 24.8 Å². The summed E-state index contributed by atoms with van der Waals surface area (Å²) in [5.74, 6) is 1.24. The summed E-state index contributed by atoms with van der Waals surface area (Å²) in [6.45, 7) is 1.20. The van der Waals surface area contributed by atoms with Gasteiger partial charge in [0.1, 0.15) is 6.61 Å². The van der Waals surface area contributed by atoms with Crippen molar-refractivity contribution < 1.29 is 9.47 Å². The number of rotatable bonds is 7. The molecule has 0 saturated heterocycles. The smallest absolute Gasteiger partial charge is 0.180 e. The van der Waals surface area contributed by atoms with Crippen LogP contribution in [0.5, 0.6) is 11.5 Å². The van der Waals surface area contributed by atoms with E-state index in [9.17, 15) is 0 Å². The molecule has 1 aromatic carbocycles. The minimum Gasteiger partial charge on any atom is -0.493 e. The molecule has 0 atom stereocenters. The molecule has 1 saturated carbocycles. The molecule has 1 heterocycles. The summed E-state index contributed by atoms with van der Waals surface area (Å²) in [4.78, 5) is 4.09. The van der Waals surface area contributed by atoms with Crippen molar-refractivity contribution in [1.29, 1.82) is 0 Å². The molecule has 1 aromatic heterocycles. The van der Waals surface area contributed by atoms with Crippen molar-refractivity contribution in [1.82, 2.24) is 10.3 Å². The Morgan fingerprint density at radius 3 is 2.62 bits per heavy atom. The van der Waals surface area contributed by atoms with Crippen LogP contribution in [0.25, 0.3) is 0 Å². The summed E-state index contributed by atoms with van der Waals surface area (Å²) < 4.78 is 11.3. The van der Waals surface area contributed by atoms with Gasteiger partial charge in [-0.05, 0) is 36.6 Å². The number of nitrogens with zero attached hydrogens (tertiary/aromatic N) is 1. The Morgan fingerprint density at radius 1 is 1.19 bits per heavy atom. The number of nitrogens with one attached hydrogen (secondary N) is 1. The maximum Gasteiger partial charge on any atom is 0.180 e. The third kappa shape index (κ3) is 6.20. The average molecular weight is 420 g/mol. The molecule has 1 aliphatic carbocycles. The molecule has 0 amide bonds. The molecule has 7 heteroatoms. The lowest BCUT2D eigenvalue weighted by molar-refractivity contribution is 0.284. The molecule has 2 aromatic rings. The molecule has 1 aliphatic rings. The number of hydrogen-bond donors (Lipinski definition) is 1. The number of halogens is 3. The molecule has 26 heavy (non-hydrogen) atoms. The van der Waals surface area contributed by atoms with E-state index in [1.807, 2.05) is 24.3 Å². The van der Waals surface area contributed by atoms with Gasteiger partial charge in [-0.3, -0.25) is 4.98 Å². The average Bonchev–Trinajstić information content (AvgIpc) is 3.13. The molecule has 0 unspecified atom stereocenters. The third-order valence-corrected chi connectivity index (χ3v) is 4.63. The van der Waals surface area contributed by atoms with E-state index in [0.717, 1.165) is 17.7 Å². The fourth-order valence-corrected chi connectivity index (χ4v) is 3.33. The number of ether oxygens (including phenoxy) is 2. The summed E-state index contributed by atoms with van der Waals surface area (Å²) >= 11 is 6.43. The van der Waals surface area contributed by atoms with Crippen LogP contribution in [0.15, 0.2) is 36.7 Å². The Bertz CT molecular complexity index is 665. The fourth-order valence-electron chi connectivity index (χ4n) is 3.05. The van der Waals surface area contributed by atoms with Gasteiger partial charge in [-0.2, -0.15) is 0 Å². The third-order valence-electron chi connectivity index (χ3n) is 4.35. The van der Waals surface area contributed by atoms with Gasteiger partial charge in [-0.25, -0.2) is 0 Å². The largest absolute Gasteiger partial charge is 0.493 e. The zero-order valence-corrected chi connectivity index (χ0v) is 17.1. The highest BCUT2D eigenvalue weighted by Gasteiger charge is 2.16. The second kappa shape index (κ2) is 11.5. The van der Waals surface area contributed by atoms with Crippen LogP contribution in [0.3, 0.4) is 0 Å². The summed E-state index contributed by atoms with van der Waals surface area (Å²) in [6.07, 6.45) is 8.68. The van der Waals surface area contributed by atoms with E-state index in [2.05, 4.69) is 10.3 Å². The SMILES string of the molecule is COc1cc(CNC2CCCC2)cc(Cl)c1OCc1cccnc1.Cl.Cl. The predicted molar refractivity (Wildman–Crippen MR) is 110 cm³/mol. The predicted octanol–water partition coefficient (Wildman–Crippen LogP) is 5.20. The van der Waals surface area contributed by atoms with Gasteiger partial charge in [0.25, 0.3) is 0 Å². The Kier molecular flexibility index (Phi) is 10.1. The fraction of sp³-hybridized carbons (Fsp3) is 0.421. The van der Waals surface area contributed by atoms with E-state index >= 15 is 0 Å². The summed E-state index contributed by atoms with van der Waals surface area (Å²) in [6, 6.07) is 8.41. The molecule has 144 valence electrons. The minimum atomic E-state index is 0. The van der Waals surface area contributed by atoms with Crippen LogP contribution in [0.4, 0.5) is 0 Å². The maximum atomic E-state index is 6.43. The number of aromatic nitrogens is 1.